The summed E-state index contributed by atoms with van der Waals surface area (Å²) >= 11 is 8.20. The molecule has 0 aliphatic heterocycles. The molecule has 2 aromatic rings. The van der Waals surface area contributed by atoms with Gasteiger partial charge in [-0.2, -0.15) is 0 Å². The van der Waals surface area contributed by atoms with Crippen LogP contribution in [0.15, 0.2) is 36.4 Å². The standard InChI is InChI=1S/C17H17ClINO3/c1-3-8-23-16-13(19)9-11(10-15(16)22-2)17(21)20-14-7-5-4-6-12(14)18/h4-7,9-10H,3,8H2,1-2H3,(H,20,21). The van der Waals surface area contributed by atoms with Crippen LogP contribution in [0.1, 0.15) is 23.7 Å². The van der Waals surface area contributed by atoms with Gasteiger partial charge in [0.15, 0.2) is 11.5 Å². The molecular weight excluding hydrogens is 429 g/mol. The first-order valence-electron chi connectivity index (χ1n) is 7.13. The second-order valence-electron chi connectivity index (χ2n) is 4.77. The number of methoxy groups -OCH3 is 1. The van der Waals surface area contributed by atoms with Crippen LogP contribution >= 0.6 is 34.2 Å². The molecule has 0 spiro atoms. The summed E-state index contributed by atoms with van der Waals surface area (Å²) < 4.78 is 11.9. The average molecular weight is 446 g/mol. The van der Waals surface area contributed by atoms with E-state index in [9.17, 15) is 4.79 Å². The molecule has 23 heavy (non-hydrogen) atoms. The summed E-state index contributed by atoms with van der Waals surface area (Å²) in [6.07, 6.45) is 0.897. The van der Waals surface area contributed by atoms with Gasteiger partial charge in [0.05, 0.1) is 28.0 Å². The number of amides is 1. The molecule has 0 saturated carbocycles. The zero-order chi connectivity index (χ0) is 16.8. The molecule has 4 nitrogen and oxygen atoms in total. The number of nitrogens with one attached hydrogen (secondary N) is 1. The molecule has 6 heteroatoms. The van der Waals surface area contributed by atoms with E-state index in [0.29, 0.717) is 34.4 Å². The zero-order valence-electron chi connectivity index (χ0n) is 12.9. The number of anilines is 1. The molecule has 0 unspecified atom stereocenters. The molecule has 1 amide bonds. The molecule has 0 fully saturated rings. The molecule has 0 aliphatic rings. The lowest BCUT2D eigenvalue weighted by molar-refractivity contribution is 0.102. The van der Waals surface area contributed by atoms with Crippen molar-refractivity contribution in [2.45, 2.75) is 13.3 Å². The van der Waals surface area contributed by atoms with Crippen LogP contribution in [0.4, 0.5) is 5.69 Å². The summed E-state index contributed by atoms with van der Waals surface area (Å²) in [6.45, 7) is 2.63. The molecule has 0 aromatic heterocycles. The lowest BCUT2D eigenvalue weighted by Gasteiger charge is -2.14. The highest BCUT2D eigenvalue weighted by Gasteiger charge is 2.16. The number of carbonyl (C=O) groups excluding carboxylic acids is 1. The molecule has 0 bridgehead atoms. The van der Waals surface area contributed by atoms with E-state index in [2.05, 4.69) is 27.9 Å². The Hall–Kier alpha value is -1.47. The zero-order valence-corrected chi connectivity index (χ0v) is 15.8. The van der Waals surface area contributed by atoms with Gasteiger partial charge in [-0.15, -0.1) is 0 Å². The van der Waals surface area contributed by atoms with Gasteiger partial charge in [-0.1, -0.05) is 30.7 Å². The van der Waals surface area contributed by atoms with Gasteiger partial charge in [-0.25, -0.2) is 0 Å². The van der Waals surface area contributed by atoms with Gasteiger partial charge in [0, 0.05) is 5.56 Å². The van der Waals surface area contributed by atoms with Crippen molar-refractivity contribution in [1.82, 2.24) is 0 Å². The average Bonchev–Trinajstić information content (AvgIpc) is 2.55. The highest BCUT2D eigenvalue weighted by molar-refractivity contribution is 14.1. The molecule has 0 radical (unpaired) electrons. The first-order chi connectivity index (χ1) is 11.1. The minimum atomic E-state index is -0.253. The van der Waals surface area contributed by atoms with Crippen LogP contribution in [0.5, 0.6) is 11.5 Å². The summed E-state index contributed by atoms with van der Waals surface area (Å²) in [4.78, 5) is 12.4. The molecule has 0 atom stereocenters. The molecule has 122 valence electrons. The minimum absolute atomic E-state index is 0.253. The van der Waals surface area contributed by atoms with Crippen LogP contribution in [-0.4, -0.2) is 19.6 Å². The number of halogens is 2. The summed E-state index contributed by atoms with van der Waals surface area (Å²) in [5, 5.41) is 3.29. The number of para-hydroxylation sites is 1. The first-order valence-corrected chi connectivity index (χ1v) is 8.58. The van der Waals surface area contributed by atoms with Crippen molar-refractivity contribution >= 4 is 45.8 Å². The monoisotopic (exact) mass is 445 g/mol. The van der Waals surface area contributed by atoms with Crippen molar-refractivity contribution in [2.75, 3.05) is 19.0 Å². The normalized spacial score (nSPS) is 10.3. The Morgan fingerprint density at radius 1 is 1.30 bits per heavy atom. The summed E-state index contributed by atoms with van der Waals surface area (Å²) in [6, 6.07) is 10.5. The fourth-order valence-electron chi connectivity index (χ4n) is 1.95. The SMILES string of the molecule is CCCOc1c(I)cc(C(=O)Nc2ccccc2Cl)cc1OC. The number of hydrogen-bond donors (Lipinski definition) is 1. The molecule has 0 aliphatic carbocycles. The van der Waals surface area contributed by atoms with Gasteiger partial charge in [-0.05, 0) is 53.3 Å². The van der Waals surface area contributed by atoms with Crippen molar-refractivity contribution in [3.05, 3.63) is 50.6 Å². The molecule has 1 N–H and O–H groups in total. The van der Waals surface area contributed by atoms with E-state index < -0.39 is 0 Å². The molecule has 0 saturated heterocycles. The van der Waals surface area contributed by atoms with Gasteiger partial charge < -0.3 is 14.8 Å². The van der Waals surface area contributed by atoms with E-state index in [4.69, 9.17) is 21.1 Å². The lowest BCUT2D eigenvalue weighted by atomic mass is 10.1. The summed E-state index contributed by atoms with van der Waals surface area (Å²) in [5.41, 5.74) is 1.05. The predicted octanol–water partition coefficient (Wildman–Crippen LogP) is 4.99. The Labute approximate surface area is 154 Å². The second kappa shape index (κ2) is 8.40. The van der Waals surface area contributed by atoms with Gasteiger partial charge in [-0.3, -0.25) is 4.79 Å². The van der Waals surface area contributed by atoms with Crippen molar-refractivity contribution in [1.29, 1.82) is 0 Å². The van der Waals surface area contributed by atoms with E-state index in [0.717, 1.165) is 9.99 Å². The maximum atomic E-state index is 12.4. The fourth-order valence-corrected chi connectivity index (χ4v) is 2.89. The van der Waals surface area contributed by atoms with Crippen molar-refractivity contribution in [2.24, 2.45) is 0 Å². The number of hydrogen-bond acceptors (Lipinski definition) is 3. The first kappa shape index (κ1) is 17.9. The van der Waals surface area contributed by atoms with Gasteiger partial charge in [0.2, 0.25) is 0 Å². The third-order valence-electron chi connectivity index (χ3n) is 3.06. The van der Waals surface area contributed by atoms with Crippen LogP contribution in [0, 0.1) is 3.57 Å². The van der Waals surface area contributed by atoms with E-state index in [-0.39, 0.29) is 5.91 Å². The van der Waals surface area contributed by atoms with Crippen LogP contribution in [0.25, 0.3) is 0 Å². The maximum absolute atomic E-state index is 12.4. The largest absolute Gasteiger partial charge is 0.493 e. The highest BCUT2D eigenvalue weighted by Crippen LogP contribution is 2.34. The third kappa shape index (κ3) is 4.51. The van der Waals surface area contributed by atoms with Crippen LogP contribution in [0.2, 0.25) is 5.02 Å². The minimum Gasteiger partial charge on any atom is -0.493 e. The molecular formula is C17H17ClINO3. The number of rotatable bonds is 6. The second-order valence-corrected chi connectivity index (χ2v) is 6.34. The Bertz CT molecular complexity index is 706. The maximum Gasteiger partial charge on any atom is 0.255 e. The Morgan fingerprint density at radius 3 is 2.70 bits per heavy atom. The topological polar surface area (TPSA) is 47.6 Å². The van der Waals surface area contributed by atoms with E-state index >= 15 is 0 Å². The number of carbonyl (C=O) groups is 1. The Morgan fingerprint density at radius 2 is 2.04 bits per heavy atom. The van der Waals surface area contributed by atoms with E-state index in [1.807, 2.05) is 19.1 Å². The van der Waals surface area contributed by atoms with E-state index in [1.165, 1.54) is 0 Å². The number of ether oxygens (including phenoxy) is 2. The predicted molar refractivity (Wildman–Crippen MR) is 101 cm³/mol. The summed E-state index contributed by atoms with van der Waals surface area (Å²) in [7, 11) is 1.56. The van der Waals surface area contributed by atoms with Crippen LogP contribution in [-0.2, 0) is 0 Å². The van der Waals surface area contributed by atoms with Gasteiger partial charge in [0.25, 0.3) is 5.91 Å². The molecule has 2 aromatic carbocycles. The smallest absolute Gasteiger partial charge is 0.255 e. The Balaban J connectivity index is 2.27. The van der Waals surface area contributed by atoms with Crippen molar-refractivity contribution < 1.29 is 14.3 Å². The van der Waals surface area contributed by atoms with Crippen molar-refractivity contribution in [3.63, 3.8) is 0 Å². The Kier molecular flexibility index (Phi) is 6.53. The summed E-state index contributed by atoms with van der Waals surface area (Å²) in [5.74, 6) is 0.940. The highest BCUT2D eigenvalue weighted by atomic mass is 127. The lowest BCUT2D eigenvalue weighted by Crippen LogP contribution is -2.13. The quantitative estimate of drug-likeness (QED) is 0.637. The molecule has 0 heterocycles. The van der Waals surface area contributed by atoms with Crippen LogP contribution in [0.3, 0.4) is 0 Å². The number of benzene rings is 2. The fraction of sp³-hybridized carbons (Fsp3) is 0.235. The van der Waals surface area contributed by atoms with Crippen LogP contribution < -0.4 is 14.8 Å². The third-order valence-corrected chi connectivity index (χ3v) is 4.20. The van der Waals surface area contributed by atoms with Crippen molar-refractivity contribution in [3.8, 4) is 11.5 Å². The van der Waals surface area contributed by atoms with E-state index in [1.54, 1.807) is 31.4 Å². The molecule has 2 rings (SSSR count). The van der Waals surface area contributed by atoms with Gasteiger partial charge in [0.1, 0.15) is 0 Å². The van der Waals surface area contributed by atoms with Gasteiger partial charge >= 0.3 is 0 Å².